The summed E-state index contributed by atoms with van der Waals surface area (Å²) in [6, 6.07) is 7.18. The summed E-state index contributed by atoms with van der Waals surface area (Å²) in [6.45, 7) is 2.18. The zero-order valence-corrected chi connectivity index (χ0v) is 11.6. The van der Waals surface area contributed by atoms with Gasteiger partial charge in [-0.05, 0) is 37.5 Å². The summed E-state index contributed by atoms with van der Waals surface area (Å²) in [6.07, 6.45) is 3.38. The first-order valence-electron chi connectivity index (χ1n) is 7.09. The summed E-state index contributed by atoms with van der Waals surface area (Å²) in [4.78, 5) is 11.7. The van der Waals surface area contributed by atoms with Crippen molar-refractivity contribution in [3.63, 3.8) is 0 Å². The van der Waals surface area contributed by atoms with Gasteiger partial charge in [0.05, 0.1) is 6.10 Å². The lowest BCUT2D eigenvalue weighted by molar-refractivity contribution is -0.116. The molecule has 0 bridgehead atoms. The summed E-state index contributed by atoms with van der Waals surface area (Å²) in [7, 11) is 0. The molecule has 5 heteroatoms. The van der Waals surface area contributed by atoms with Crippen molar-refractivity contribution < 1.29 is 14.3 Å². The van der Waals surface area contributed by atoms with Crippen LogP contribution in [0.2, 0.25) is 0 Å². The second-order valence-electron chi connectivity index (χ2n) is 4.96. The third-order valence-electron chi connectivity index (χ3n) is 3.24. The van der Waals surface area contributed by atoms with Gasteiger partial charge in [0.1, 0.15) is 0 Å². The van der Waals surface area contributed by atoms with Crippen molar-refractivity contribution in [2.24, 2.45) is 0 Å². The van der Waals surface area contributed by atoms with Crippen LogP contribution in [0.15, 0.2) is 24.3 Å². The van der Waals surface area contributed by atoms with Crippen molar-refractivity contribution in [2.45, 2.75) is 31.8 Å². The molecule has 0 radical (unpaired) electrons. The van der Waals surface area contributed by atoms with Crippen molar-refractivity contribution in [3.8, 4) is 0 Å². The highest BCUT2D eigenvalue weighted by Gasteiger charge is 2.13. The molecule has 3 N–H and O–H groups in total. The van der Waals surface area contributed by atoms with E-state index in [1.165, 1.54) is 0 Å². The Kier molecular flexibility index (Phi) is 5.83. The van der Waals surface area contributed by atoms with Gasteiger partial charge in [-0.15, -0.1) is 0 Å². The largest absolute Gasteiger partial charge is 0.399 e. The number of carbonyl (C=O) groups is 1. The zero-order valence-electron chi connectivity index (χ0n) is 11.6. The summed E-state index contributed by atoms with van der Waals surface area (Å²) >= 11 is 0. The van der Waals surface area contributed by atoms with Crippen LogP contribution in [0, 0.1) is 0 Å². The van der Waals surface area contributed by atoms with Crippen molar-refractivity contribution in [1.29, 1.82) is 0 Å². The number of nitrogens with two attached hydrogens (primary N) is 1. The molecule has 0 saturated carbocycles. The van der Waals surface area contributed by atoms with E-state index in [-0.39, 0.29) is 5.91 Å². The van der Waals surface area contributed by atoms with Crippen LogP contribution >= 0.6 is 0 Å². The Morgan fingerprint density at radius 2 is 2.20 bits per heavy atom. The van der Waals surface area contributed by atoms with E-state index in [4.69, 9.17) is 15.2 Å². The van der Waals surface area contributed by atoms with Crippen LogP contribution in [-0.2, 0) is 14.3 Å². The number of nitrogens with one attached hydrogen (secondary N) is 1. The summed E-state index contributed by atoms with van der Waals surface area (Å²) in [5, 5.41) is 2.83. The van der Waals surface area contributed by atoms with E-state index in [0.717, 1.165) is 38.2 Å². The van der Waals surface area contributed by atoms with Crippen LogP contribution in [0.1, 0.15) is 25.7 Å². The number of hydrogen-bond donors (Lipinski definition) is 2. The standard InChI is InChI=1S/C15H22N2O3/c16-12-3-1-4-13(11-12)17-15(18)5-2-8-20-14-6-9-19-10-7-14/h1,3-4,11,14H,2,5-10,16H2,(H,17,18). The number of nitrogen functional groups attached to an aromatic ring is 1. The van der Waals surface area contributed by atoms with Crippen molar-refractivity contribution in [1.82, 2.24) is 0 Å². The molecule has 0 aliphatic carbocycles. The first kappa shape index (κ1) is 14.8. The second-order valence-corrected chi connectivity index (χ2v) is 4.96. The highest BCUT2D eigenvalue weighted by atomic mass is 16.5. The van der Waals surface area contributed by atoms with Crippen LogP contribution in [0.25, 0.3) is 0 Å². The predicted octanol–water partition coefficient (Wildman–Crippen LogP) is 2.18. The number of amides is 1. The Labute approximate surface area is 119 Å². The van der Waals surface area contributed by atoms with Crippen LogP contribution < -0.4 is 11.1 Å². The van der Waals surface area contributed by atoms with Gasteiger partial charge in [0.25, 0.3) is 0 Å². The van der Waals surface area contributed by atoms with Gasteiger partial charge in [0.2, 0.25) is 5.91 Å². The maximum Gasteiger partial charge on any atom is 0.224 e. The second kappa shape index (κ2) is 7.87. The lowest BCUT2D eigenvalue weighted by atomic mass is 10.1. The van der Waals surface area contributed by atoms with Crippen LogP contribution in [0.3, 0.4) is 0 Å². The highest BCUT2D eigenvalue weighted by Crippen LogP contribution is 2.13. The number of benzene rings is 1. The molecular formula is C15H22N2O3. The molecule has 0 unspecified atom stereocenters. The first-order valence-corrected chi connectivity index (χ1v) is 7.09. The van der Waals surface area contributed by atoms with Gasteiger partial charge in [0.15, 0.2) is 0 Å². The molecule has 1 aliphatic rings. The normalized spacial score (nSPS) is 16.0. The molecule has 1 amide bonds. The molecular weight excluding hydrogens is 256 g/mol. The van der Waals surface area contributed by atoms with Gasteiger partial charge >= 0.3 is 0 Å². The van der Waals surface area contributed by atoms with E-state index >= 15 is 0 Å². The fourth-order valence-electron chi connectivity index (χ4n) is 2.17. The van der Waals surface area contributed by atoms with E-state index in [2.05, 4.69) is 5.32 Å². The van der Waals surface area contributed by atoms with Crippen molar-refractivity contribution in [3.05, 3.63) is 24.3 Å². The molecule has 0 aromatic heterocycles. The van der Waals surface area contributed by atoms with Gasteiger partial charge in [-0.1, -0.05) is 6.07 Å². The van der Waals surface area contributed by atoms with Crippen LogP contribution in [-0.4, -0.2) is 31.8 Å². The number of ether oxygens (including phenoxy) is 2. The maximum absolute atomic E-state index is 11.7. The topological polar surface area (TPSA) is 73.6 Å². The predicted molar refractivity (Wildman–Crippen MR) is 78.5 cm³/mol. The molecule has 1 aromatic rings. The highest BCUT2D eigenvalue weighted by molar-refractivity contribution is 5.91. The monoisotopic (exact) mass is 278 g/mol. The molecule has 0 spiro atoms. The van der Waals surface area contributed by atoms with Gasteiger partial charge in [0, 0.05) is 37.6 Å². The molecule has 1 saturated heterocycles. The average molecular weight is 278 g/mol. The SMILES string of the molecule is Nc1cccc(NC(=O)CCCOC2CCOCC2)c1. The minimum Gasteiger partial charge on any atom is -0.399 e. The number of hydrogen-bond acceptors (Lipinski definition) is 4. The Morgan fingerprint density at radius 3 is 2.95 bits per heavy atom. The quantitative estimate of drug-likeness (QED) is 0.618. The number of rotatable bonds is 6. The minimum absolute atomic E-state index is 0.00817. The van der Waals surface area contributed by atoms with Gasteiger partial charge in [-0.3, -0.25) is 4.79 Å². The van der Waals surface area contributed by atoms with Gasteiger partial charge < -0.3 is 20.5 Å². The molecule has 1 aliphatic heterocycles. The van der Waals surface area contributed by atoms with E-state index in [1.807, 2.05) is 12.1 Å². The van der Waals surface area contributed by atoms with Crippen LogP contribution in [0.5, 0.6) is 0 Å². The molecule has 1 fully saturated rings. The molecule has 110 valence electrons. The molecule has 5 nitrogen and oxygen atoms in total. The maximum atomic E-state index is 11.7. The number of anilines is 2. The molecule has 1 aromatic carbocycles. The average Bonchev–Trinajstić information content (AvgIpc) is 2.45. The Bertz CT molecular complexity index is 431. The van der Waals surface area contributed by atoms with Crippen LogP contribution in [0.4, 0.5) is 11.4 Å². The van der Waals surface area contributed by atoms with Crippen molar-refractivity contribution >= 4 is 17.3 Å². The third kappa shape index (κ3) is 5.19. The van der Waals surface area contributed by atoms with E-state index in [9.17, 15) is 4.79 Å². The third-order valence-corrected chi connectivity index (χ3v) is 3.24. The van der Waals surface area contributed by atoms with E-state index in [0.29, 0.717) is 24.8 Å². The Balaban J connectivity index is 1.60. The Morgan fingerprint density at radius 1 is 1.40 bits per heavy atom. The van der Waals surface area contributed by atoms with E-state index < -0.39 is 0 Å². The minimum atomic E-state index is -0.00817. The molecule has 20 heavy (non-hydrogen) atoms. The first-order chi connectivity index (χ1) is 9.74. The molecule has 0 atom stereocenters. The van der Waals surface area contributed by atoms with Crippen molar-refractivity contribution in [2.75, 3.05) is 30.9 Å². The van der Waals surface area contributed by atoms with E-state index in [1.54, 1.807) is 12.1 Å². The summed E-state index contributed by atoms with van der Waals surface area (Å²) in [5.74, 6) is -0.00817. The molecule has 1 heterocycles. The van der Waals surface area contributed by atoms with Gasteiger partial charge in [-0.25, -0.2) is 0 Å². The smallest absolute Gasteiger partial charge is 0.224 e. The summed E-state index contributed by atoms with van der Waals surface area (Å²) < 4.78 is 11.0. The lowest BCUT2D eigenvalue weighted by Crippen LogP contribution is -2.24. The lowest BCUT2D eigenvalue weighted by Gasteiger charge is -2.22. The fourth-order valence-corrected chi connectivity index (χ4v) is 2.17. The zero-order chi connectivity index (χ0) is 14.2. The fraction of sp³-hybridized carbons (Fsp3) is 0.533. The number of carbonyl (C=O) groups excluding carboxylic acids is 1. The summed E-state index contributed by atoms with van der Waals surface area (Å²) in [5.41, 5.74) is 7.04. The Hall–Kier alpha value is -1.59. The van der Waals surface area contributed by atoms with Gasteiger partial charge in [-0.2, -0.15) is 0 Å². The molecule has 2 rings (SSSR count).